The van der Waals surface area contributed by atoms with Crippen LogP contribution in [0, 0.1) is 0 Å². The van der Waals surface area contributed by atoms with Crippen LogP contribution in [0.2, 0.25) is 0 Å². The monoisotopic (exact) mass is 133 g/mol. The second-order valence-corrected chi connectivity index (χ2v) is 0.986. The maximum Gasteiger partial charge on any atom is 0.00461 e. The summed E-state index contributed by atoms with van der Waals surface area (Å²) in [4.78, 5) is 0. The minimum atomic E-state index is 0.597. The molecule has 0 aliphatic heterocycles. The van der Waals surface area contributed by atoms with Gasteiger partial charge in [0, 0.05) is 13.1 Å². The zero-order valence-corrected chi connectivity index (χ0v) is 6.27. The summed E-state index contributed by atoms with van der Waals surface area (Å²) in [6, 6.07) is 0. The van der Waals surface area contributed by atoms with Crippen molar-refractivity contribution in [1.82, 2.24) is 0 Å². The molecule has 0 saturated carbocycles. The van der Waals surface area contributed by atoms with E-state index in [1.54, 1.807) is 0 Å². The van der Waals surface area contributed by atoms with E-state index < -0.39 is 0 Å². The topological polar surface area (TPSA) is 78.1 Å². The number of rotatable bonds is 1. The first-order valence-electron chi connectivity index (χ1n) is 2.93. The van der Waals surface area contributed by atoms with Crippen LogP contribution in [-0.2, 0) is 0 Å². The molecule has 0 rings (SSSR count). The minimum Gasteiger partial charge on any atom is -0.331 e. The quantitative estimate of drug-likeness (QED) is 0.429. The lowest BCUT2D eigenvalue weighted by atomic mass is 10.7. The maximum absolute atomic E-state index is 4.90. The van der Waals surface area contributed by atoms with Crippen LogP contribution >= 0.6 is 0 Å². The van der Waals surface area contributed by atoms with Gasteiger partial charge in [-0.25, -0.2) is 0 Å². The summed E-state index contributed by atoms with van der Waals surface area (Å²) in [6.45, 7) is 9.85. The first-order chi connectivity index (χ1) is 4.33. The molecule has 3 nitrogen and oxygen atoms in total. The van der Waals surface area contributed by atoms with Crippen LogP contribution in [0.1, 0.15) is 6.92 Å². The summed E-state index contributed by atoms with van der Waals surface area (Å²) in [5.41, 5.74) is 14.7. The molecule has 0 atom stereocenters. The van der Waals surface area contributed by atoms with Gasteiger partial charge in [0.15, 0.2) is 0 Å². The molecule has 0 aromatic heterocycles. The van der Waals surface area contributed by atoms with Gasteiger partial charge in [-0.1, -0.05) is 6.92 Å². The van der Waals surface area contributed by atoms with Crippen LogP contribution in [0.4, 0.5) is 0 Å². The molecule has 0 unspecified atom stereocenters. The predicted octanol–water partition coefficient (Wildman–Crippen LogP) is -0.329. The van der Waals surface area contributed by atoms with E-state index in [-0.39, 0.29) is 0 Å². The summed E-state index contributed by atoms with van der Waals surface area (Å²) >= 11 is 0. The fourth-order valence-electron chi connectivity index (χ4n) is 0. The highest BCUT2D eigenvalue weighted by atomic mass is 14.6. The Morgan fingerprint density at radius 2 is 1.11 bits per heavy atom. The molecule has 6 N–H and O–H groups in total. The van der Waals surface area contributed by atoms with Crippen LogP contribution in [0.3, 0.4) is 0 Å². The van der Waals surface area contributed by atoms with Crippen molar-refractivity contribution >= 4 is 0 Å². The Morgan fingerprint density at radius 1 is 1.00 bits per heavy atom. The van der Waals surface area contributed by atoms with Gasteiger partial charge in [0.05, 0.1) is 0 Å². The molecule has 0 fully saturated rings. The largest absolute Gasteiger partial charge is 0.331 e. The Balaban J connectivity index is -0.0000000646. The highest BCUT2D eigenvalue weighted by Gasteiger charge is 1.54. The smallest absolute Gasteiger partial charge is 0.00461 e. The molecule has 3 heteroatoms. The summed E-state index contributed by atoms with van der Waals surface area (Å²) in [7, 11) is 0. The number of hydrogen-bond acceptors (Lipinski definition) is 3. The third-order valence-electron chi connectivity index (χ3n) is 0.167. The zero-order valence-electron chi connectivity index (χ0n) is 6.27. The Kier molecular flexibility index (Phi) is 85.7. The van der Waals surface area contributed by atoms with Crippen molar-refractivity contribution in [2.45, 2.75) is 6.92 Å². The van der Waals surface area contributed by atoms with Gasteiger partial charge in [0.2, 0.25) is 0 Å². The van der Waals surface area contributed by atoms with E-state index >= 15 is 0 Å². The lowest BCUT2D eigenvalue weighted by Crippen LogP contribution is -2.11. The predicted molar refractivity (Wildman–Crippen MR) is 44.1 cm³/mol. The van der Waals surface area contributed by atoms with E-state index in [1.165, 1.54) is 0 Å². The van der Waals surface area contributed by atoms with Crippen molar-refractivity contribution in [1.29, 1.82) is 0 Å². The standard InChI is InChI=1S/C2H8N2.C2H7N.C2H4/c3-1-2-4;1-2-3;1-2/h1-4H2;2-3H2,1H3;1-2H2. The van der Waals surface area contributed by atoms with E-state index in [4.69, 9.17) is 17.2 Å². The molecule has 9 heavy (non-hydrogen) atoms. The van der Waals surface area contributed by atoms with Crippen molar-refractivity contribution in [2.24, 2.45) is 17.2 Å². The third kappa shape index (κ3) is 626. The summed E-state index contributed by atoms with van der Waals surface area (Å²) in [6.07, 6.45) is 0. The first-order valence-corrected chi connectivity index (χ1v) is 2.93. The van der Waals surface area contributed by atoms with Crippen molar-refractivity contribution in [3.05, 3.63) is 13.2 Å². The molecule has 0 aliphatic rings. The van der Waals surface area contributed by atoms with Gasteiger partial charge in [-0.3, -0.25) is 0 Å². The second kappa shape index (κ2) is 48.6. The van der Waals surface area contributed by atoms with Crippen LogP contribution in [0.15, 0.2) is 13.2 Å². The van der Waals surface area contributed by atoms with E-state index in [1.807, 2.05) is 6.92 Å². The lowest BCUT2D eigenvalue weighted by Gasteiger charge is -1.72. The van der Waals surface area contributed by atoms with Gasteiger partial charge in [-0.2, -0.15) is 0 Å². The lowest BCUT2D eigenvalue weighted by molar-refractivity contribution is 0.976. The van der Waals surface area contributed by atoms with Gasteiger partial charge >= 0.3 is 0 Å². The van der Waals surface area contributed by atoms with Crippen molar-refractivity contribution in [2.75, 3.05) is 19.6 Å². The van der Waals surface area contributed by atoms with Gasteiger partial charge < -0.3 is 17.2 Å². The Morgan fingerprint density at radius 3 is 1.11 bits per heavy atom. The van der Waals surface area contributed by atoms with Gasteiger partial charge in [0.1, 0.15) is 0 Å². The van der Waals surface area contributed by atoms with Crippen LogP contribution in [0.25, 0.3) is 0 Å². The van der Waals surface area contributed by atoms with Crippen LogP contribution < -0.4 is 17.2 Å². The normalized spacial score (nSPS) is 5.78. The maximum atomic E-state index is 4.90. The van der Waals surface area contributed by atoms with Crippen LogP contribution in [0.5, 0.6) is 0 Å². The fraction of sp³-hybridized carbons (Fsp3) is 0.667. The first kappa shape index (κ1) is 15.8. The molecule has 0 bridgehead atoms. The highest BCUT2D eigenvalue weighted by Crippen LogP contribution is 1.24. The Labute approximate surface area is 57.9 Å². The molecular formula is C6H19N3. The molecule has 0 aromatic carbocycles. The highest BCUT2D eigenvalue weighted by molar-refractivity contribution is 4.26. The SMILES string of the molecule is C=C.CCN.NCCN. The molecule has 0 aliphatic carbocycles. The number of nitrogens with two attached hydrogens (primary N) is 3. The van der Waals surface area contributed by atoms with Gasteiger partial charge in [-0.15, -0.1) is 13.2 Å². The van der Waals surface area contributed by atoms with E-state index in [0.29, 0.717) is 13.1 Å². The Hall–Kier alpha value is -0.380. The second-order valence-electron chi connectivity index (χ2n) is 0.986. The molecule has 58 valence electrons. The molecule has 0 aromatic rings. The molecule has 0 amide bonds. The molecule has 0 spiro atoms. The molecule has 0 saturated heterocycles. The minimum absolute atomic E-state index is 0.597. The van der Waals surface area contributed by atoms with E-state index in [2.05, 4.69) is 13.2 Å². The zero-order chi connectivity index (χ0) is 8.12. The van der Waals surface area contributed by atoms with E-state index in [9.17, 15) is 0 Å². The van der Waals surface area contributed by atoms with Gasteiger partial charge in [0.25, 0.3) is 0 Å². The van der Waals surface area contributed by atoms with Crippen molar-refractivity contribution in [3.8, 4) is 0 Å². The molecular weight excluding hydrogens is 114 g/mol. The van der Waals surface area contributed by atoms with E-state index in [0.717, 1.165) is 6.54 Å². The Bertz CT molecular complexity index is 22.3. The molecule has 0 heterocycles. The molecule has 0 radical (unpaired) electrons. The van der Waals surface area contributed by atoms with Gasteiger partial charge in [-0.05, 0) is 6.54 Å². The summed E-state index contributed by atoms with van der Waals surface area (Å²) in [5, 5.41) is 0. The average Bonchev–Trinajstić information content (AvgIpc) is 1.94. The fourth-order valence-corrected chi connectivity index (χ4v) is 0. The third-order valence-corrected chi connectivity index (χ3v) is 0.167. The van der Waals surface area contributed by atoms with Crippen molar-refractivity contribution < 1.29 is 0 Å². The number of hydrogen-bond donors (Lipinski definition) is 3. The van der Waals surface area contributed by atoms with Crippen molar-refractivity contribution in [3.63, 3.8) is 0 Å². The average molecular weight is 133 g/mol. The van der Waals surface area contributed by atoms with Crippen LogP contribution in [-0.4, -0.2) is 19.6 Å². The summed E-state index contributed by atoms with van der Waals surface area (Å²) < 4.78 is 0. The summed E-state index contributed by atoms with van der Waals surface area (Å²) in [5.74, 6) is 0.